The van der Waals surface area contributed by atoms with Gasteiger partial charge in [-0.15, -0.1) is 0 Å². The molecule has 2 heterocycles. The number of nitrogens with zero attached hydrogens (tertiary/aromatic N) is 3. The van der Waals surface area contributed by atoms with Crippen molar-refractivity contribution < 1.29 is 19.0 Å². The number of hydrogen-bond acceptors (Lipinski definition) is 5. The van der Waals surface area contributed by atoms with Gasteiger partial charge in [0.1, 0.15) is 0 Å². The van der Waals surface area contributed by atoms with Crippen molar-refractivity contribution in [2.24, 2.45) is 0 Å². The van der Waals surface area contributed by atoms with Crippen molar-refractivity contribution in [2.45, 2.75) is 25.8 Å². The molecule has 1 aliphatic heterocycles. The van der Waals surface area contributed by atoms with Crippen LogP contribution in [0, 0.1) is 5.21 Å². The fourth-order valence-electron chi connectivity index (χ4n) is 3.72. The van der Waals surface area contributed by atoms with Gasteiger partial charge in [0.25, 0.3) is 5.91 Å². The van der Waals surface area contributed by atoms with Crippen molar-refractivity contribution >= 4 is 5.91 Å². The average molecular weight is 399 g/mol. The fraction of sp³-hybridized carbons (Fsp3) is 0.455. The number of hydrogen-bond donors (Lipinski definition) is 0. The Bertz CT molecular complexity index is 856. The van der Waals surface area contributed by atoms with E-state index >= 15 is 0 Å². The Balaban J connectivity index is 1.42. The number of aryl methyl sites for hydroxylation is 1. The Morgan fingerprint density at radius 2 is 1.90 bits per heavy atom. The number of amides is 1. The Kier molecular flexibility index (Phi) is 6.93. The van der Waals surface area contributed by atoms with Crippen LogP contribution < -0.4 is 14.2 Å². The van der Waals surface area contributed by atoms with E-state index in [2.05, 4.69) is 11.9 Å². The average Bonchev–Trinajstić information content (AvgIpc) is 3.01. The molecular weight excluding hydrogens is 370 g/mol. The number of methoxy groups -OCH3 is 2. The minimum atomic E-state index is 0.0543. The fourth-order valence-corrected chi connectivity index (χ4v) is 3.72. The first-order chi connectivity index (χ1) is 14.0. The van der Waals surface area contributed by atoms with Gasteiger partial charge in [-0.05, 0) is 63.2 Å². The molecule has 1 aromatic carbocycles. The lowest BCUT2D eigenvalue weighted by molar-refractivity contribution is -0.605. The second-order valence-electron chi connectivity index (χ2n) is 7.42. The topological polar surface area (TPSA) is 69.0 Å². The number of carbonyl (C=O) groups excluding carboxylic acids is 1. The lowest BCUT2D eigenvalue weighted by Crippen LogP contribution is -2.29. The van der Waals surface area contributed by atoms with Crippen molar-refractivity contribution in [1.29, 1.82) is 0 Å². The van der Waals surface area contributed by atoms with Crippen LogP contribution >= 0.6 is 0 Å². The van der Waals surface area contributed by atoms with Crippen LogP contribution in [0.4, 0.5) is 0 Å². The third-order valence-electron chi connectivity index (χ3n) is 5.30. The molecule has 0 N–H and O–H groups in total. The summed E-state index contributed by atoms with van der Waals surface area (Å²) in [6.45, 7) is 3.21. The van der Waals surface area contributed by atoms with Gasteiger partial charge in [-0.25, -0.2) is 0 Å². The van der Waals surface area contributed by atoms with Gasteiger partial charge in [-0.1, -0.05) is 0 Å². The summed E-state index contributed by atoms with van der Waals surface area (Å²) >= 11 is 0. The second-order valence-corrected chi connectivity index (χ2v) is 7.42. The maximum Gasteiger partial charge on any atom is 0.254 e. The summed E-state index contributed by atoms with van der Waals surface area (Å²) in [4.78, 5) is 16.8. The molecule has 0 aliphatic carbocycles. The van der Waals surface area contributed by atoms with Crippen LogP contribution in [0.3, 0.4) is 0 Å². The van der Waals surface area contributed by atoms with Crippen molar-refractivity contribution in [1.82, 2.24) is 9.80 Å². The van der Waals surface area contributed by atoms with Gasteiger partial charge >= 0.3 is 0 Å². The Labute approximate surface area is 172 Å². The predicted molar refractivity (Wildman–Crippen MR) is 110 cm³/mol. The first-order valence-corrected chi connectivity index (χ1v) is 9.92. The Morgan fingerprint density at radius 1 is 1.17 bits per heavy atom. The zero-order chi connectivity index (χ0) is 20.8. The summed E-state index contributed by atoms with van der Waals surface area (Å²) in [7, 11) is 5.27. The Morgan fingerprint density at radius 3 is 2.62 bits per heavy atom. The quantitative estimate of drug-likeness (QED) is 0.453. The monoisotopic (exact) mass is 399 g/mol. The molecule has 1 amide bonds. The smallest absolute Gasteiger partial charge is 0.254 e. The summed E-state index contributed by atoms with van der Waals surface area (Å²) < 4.78 is 11.5. The van der Waals surface area contributed by atoms with E-state index in [1.807, 2.05) is 17.0 Å². The number of ether oxygens (including phenoxy) is 2. The van der Waals surface area contributed by atoms with Crippen molar-refractivity contribution in [2.75, 3.05) is 40.9 Å². The Hall–Kier alpha value is -2.80. The van der Waals surface area contributed by atoms with Gasteiger partial charge in [0.15, 0.2) is 23.9 Å². The maximum absolute atomic E-state index is 12.7. The number of carbonyl (C=O) groups is 1. The molecule has 7 nitrogen and oxygen atoms in total. The highest BCUT2D eigenvalue weighted by Gasteiger charge is 2.29. The van der Waals surface area contributed by atoms with Crippen molar-refractivity contribution in [3.05, 3.63) is 58.6 Å². The lowest BCUT2D eigenvalue weighted by atomic mass is 10.1. The molecule has 7 heteroatoms. The van der Waals surface area contributed by atoms with Gasteiger partial charge < -0.3 is 24.5 Å². The van der Waals surface area contributed by atoms with Crippen LogP contribution in [0.15, 0.2) is 36.7 Å². The van der Waals surface area contributed by atoms with Crippen LogP contribution in [0.25, 0.3) is 0 Å². The number of fused-ring (bicyclic) bond motifs is 1. The molecular formula is C22H29N3O4. The zero-order valence-corrected chi connectivity index (χ0v) is 17.4. The SMILES string of the molecule is COc1cc2c(cc1OC)C(=O)N(CCCN(C)CCCc1ccc[n+]([O-])c1)C2. The minimum absolute atomic E-state index is 0.0543. The van der Waals surface area contributed by atoms with Crippen molar-refractivity contribution in [3.8, 4) is 11.5 Å². The number of aromatic nitrogens is 1. The summed E-state index contributed by atoms with van der Waals surface area (Å²) in [6, 6.07) is 7.43. The van der Waals surface area contributed by atoms with Crippen LogP contribution in [-0.4, -0.2) is 56.6 Å². The molecule has 0 fully saturated rings. The standard InChI is InChI=1S/C22H29N3O4/c1-23(9-4-7-17-8-5-12-25(27)15-17)10-6-11-24-16-18-13-20(28-2)21(29-3)14-19(18)22(24)26/h5,8,12-15H,4,6-7,9-11,16H2,1-3H3. The summed E-state index contributed by atoms with van der Waals surface area (Å²) in [5.41, 5.74) is 2.75. The largest absolute Gasteiger partial charge is 0.619 e. The summed E-state index contributed by atoms with van der Waals surface area (Å²) in [6.07, 6.45) is 5.92. The molecule has 0 atom stereocenters. The molecule has 0 spiro atoms. The van der Waals surface area contributed by atoms with E-state index in [-0.39, 0.29) is 5.91 Å². The molecule has 2 aromatic rings. The highest BCUT2D eigenvalue weighted by molar-refractivity contribution is 5.99. The summed E-state index contributed by atoms with van der Waals surface area (Å²) in [5, 5.41) is 11.3. The molecule has 0 unspecified atom stereocenters. The number of pyridine rings is 1. The molecule has 1 aliphatic rings. The van der Waals surface area contributed by atoms with E-state index in [1.54, 1.807) is 32.5 Å². The molecule has 0 bridgehead atoms. The highest BCUT2D eigenvalue weighted by Crippen LogP contribution is 2.34. The van der Waals surface area contributed by atoms with E-state index in [1.165, 1.54) is 6.20 Å². The third-order valence-corrected chi connectivity index (χ3v) is 5.30. The summed E-state index contributed by atoms with van der Waals surface area (Å²) in [5.74, 6) is 1.29. The van der Waals surface area contributed by atoms with Gasteiger partial charge in [0.05, 0.1) is 14.2 Å². The van der Waals surface area contributed by atoms with E-state index in [0.29, 0.717) is 23.6 Å². The van der Waals surface area contributed by atoms with E-state index < -0.39 is 0 Å². The molecule has 0 saturated heterocycles. The van der Waals surface area contributed by atoms with Crippen LogP contribution in [-0.2, 0) is 13.0 Å². The minimum Gasteiger partial charge on any atom is -0.619 e. The van der Waals surface area contributed by atoms with Gasteiger partial charge in [-0.3, -0.25) is 4.79 Å². The van der Waals surface area contributed by atoms with Gasteiger partial charge in [0.2, 0.25) is 0 Å². The highest BCUT2D eigenvalue weighted by atomic mass is 16.5. The molecule has 0 saturated carbocycles. The number of benzene rings is 1. The second kappa shape index (κ2) is 9.60. The van der Waals surface area contributed by atoms with E-state index in [9.17, 15) is 10.0 Å². The molecule has 1 aromatic heterocycles. The zero-order valence-electron chi connectivity index (χ0n) is 17.4. The van der Waals surface area contributed by atoms with Crippen LogP contribution in [0.5, 0.6) is 11.5 Å². The van der Waals surface area contributed by atoms with Gasteiger partial charge in [0, 0.05) is 30.3 Å². The first kappa shape index (κ1) is 20.9. The van der Waals surface area contributed by atoms with E-state index in [0.717, 1.165) is 54.8 Å². The molecule has 156 valence electrons. The van der Waals surface area contributed by atoms with Crippen LogP contribution in [0.2, 0.25) is 0 Å². The van der Waals surface area contributed by atoms with Crippen LogP contribution in [0.1, 0.15) is 34.3 Å². The predicted octanol–water partition coefficient (Wildman–Crippen LogP) is 2.25. The van der Waals surface area contributed by atoms with Gasteiger partial charge in [-0.2, -0.15) is 4.73 Å². The van der Waals surface area contributed by atoms with E-state index in [4.69, 9.17) is 9.47 Å². The maximum atomic E-state index is 12.7. The molecule has 29 heavy (non-hydrogen) atoms. The first-order valence-electron chi connectivity index (χ1n) is 9.92. The number of rotatable bonds is 10. The normalized spacial score (nSPS) is 13.1. The third kappa shape index (κ3) is 5.17. The van der Waals surface area contributed by atoms with Crippen molar-refractivity contribution in [3.63, 3.8) is 0 Å². The lowest BCUT2D eigenvalue weighted by Gasteiger charge is -2.20. The molecule has 3 rings (SSSR count). The molecule has 0 radical (unpaired) electrons.